The number of rotatable bonds is 3. The molecule has 3 aliphatic rings. The van der Waals surface area contributed by atoms with Gasteiger partial charge in [-0.3, -0.25) is 30.6 Å². The third-order valence-electron chi connectivity index (χ3n) is 6.59. The molecule has 2 amide bonds. The molecule has 4 rings (SSSR count). The van der Waals surface area contributed by atoms with Crippen LogP contribution in [0.4, 0.5) is 5.69 Å². The lowest BCUT2D eigenvalue weighted by Crippen LogP contribution is -2.70. The van der Waals surface area contributed by atoms with E-state index in [9.17, 15) is 19.7 Å². The van der Waals surface area contributed by atoms with Gasteiger partial charge < -0.3 is 0 Å². The molecule has 0 aromatic heterocycles. The second-order valence-corrected chi connectivity index (χ2v) is 8.51. The molecule has 1 aromatic carbocycles. The molecule has 3 fully saturated rings. The van der Waals surface area contributed by atoms with Crippen LogP contribution >= 0.6 is 15.9 Å². The number of nitrogens with one attached hydrogen (secondary N) is 2. The van der Waals surface area contributed by atoms with Crippen molar-refractivity contribution >= 4 is 33.4 Å². The summed E-state index contributed by atoms with van der Waals surface area (Å²) in [5, 5.41) is 10.8. The van der Waals surface area contributed by atoms with Gasteiger partial charge >= 0.3 is 0 Å². The van der Waals surface area contributed by atoms with E-state index in [1.807, 2.05) is 0 Å². The average molecular weight is 410 g/mol. The van der Waals surface area contributed by atoms with E-state index in [1.54, 1.807) is 0 Å². The Hall–Kier alpha value is -1.96. The van der Waals surface area contributed by atoms with Gasteiger partial charge in [-0.1, -0.05) is 42.8 Å². The van der Waals surface area contributed by atoms with Gasteiger partial charge in [0.2, 0.25) is 5.91 Å². The molecule has 3 atom stereocenters. The van der Waals surface area contributed by atoms with Crippen LogP contribution in [0.25, 0.3) is 0 Å². The van der Waals surface area contributed by atoms with Gasteiger partial charge in [0.1, 0.15) is 0 Å². The summed E-state index contributed by atoms with van der Waals surface area (Å²) in [7, 11) is 0. The van der Waals surface area contributed by atoms with E-state index >= 15 is 0 Å². The molecule has 1 aromatic rings. The fourth-order valence-corrected chi connectivity index (χ4v) is 6.33. The van der Waals surface area contributed by atoms with E-state index < -0.39 is 16.2 Å². The third-order valence-corrected chi connectivity index (χ3v) is 8.38. The predicted octanol–water partition coefficient (Wildman–Crippen LogP) is 2.95. The Balaban J connectivity index is 1.70. The van der Waals surface area contributed by atoms with Gasteiger partial charge in [0, 0.05) is 22.5 Å². The van der Waals surface area contributed by atoms with Crippen LogP contribution in [0, 0.1) is 26.4 Å². The van der Waals surface area contributed by atoms with E-state index in [0.717, 1.165) is 12.8 Å². The minimum atomic E-state index is -0.586. The van der Waals surface area contributed by atoms with E-state index in [1.165, 1.54) is 24.3 Å². The molecule has 0 radical (unpaired) electrons. The monoisotopic (exact) mass is 409 g/mol. The first-order valence-corrected chi connectivity index (χ1v) is 8.99. The number of carbonyl (C=O) groups excluding carboxylic acids is 2. The molecule has 3 unspecified atom stereocenters. The van der Waals surface area contributed by atoms with Gasteiger partial charge in [0.25, 0.3) is 11.6 Å². The first-order valence-electron chi connectivity index (χ1n) is 8.07. The van der Waals surface area contributed by atoms with E-state index in [4.69, 9.17) is 0 Å². The molecule has 3 saturated carbocycles. The quantitative estimate of drug-likeness (QED) is 0.455. The minimum absolute atomic E-state index is 0.0500. The molecule has 134 valence electrons. The maximum Gasteiger partial charge on any atom is 0.270 e. The molecule has 0 spiro atoms. The van der Waals surface area contributed by atoms with E-state index in [0.29, 0.717) is 0 Å². The van der Waals surface area contributed by atoms with Gasteiger partial charge in [-0.15, -0.1) is 0 Å². The number of non-ortho nitro benzene ring substituents is 1. The molecule has 3 aliphatic carbocycles. The standard InChI is InChI=1S/C17H20BrN3O4/c1-15(2)16(3)7-8-17(15,13(16)18)14(23)20-19-12(22)10-5-4-6-11(9-10)21(24)25/h4-6,9,13H,7-8H2,1-3H3,(H,19,22)(H,20,23). The fraction of sp³-hybridized carbons (Fsp3) is 0.529. The van der Waals surface area contributed by atoms with Gasteiger partial charge in [-0.25, -0.2) is 0 Å². The third kappa shape index (κ3) is 2.16. The minimum Gasteiger partial charge on any atom is -0.273 e. The fourth-order valence-electron chi connectivity index (χ4n) is 4.51. The maximum atomic E-state index is 12.8. The number of benzene rings is 1. The zero-order valence-corrected chi connectivity index (χ0v) is 15.8. The molecular formula is C17H20BrN3O4. The van der Waals surface area contributed by atoms with Crippen LogP contribution in [0.5, 0.6) is 0 Å². The number of amides is 2. The summed E-state index contributed by atoms with van der Waals surface area (Å²) < 4.78 is 0. The highest BCUT2D eigenvalue weighted by atomic mass is 79.9. The Morgan fingerprint density at radius 1 is 1.24 bits per heavy atom. The topological polar surface area (TPSA) is 101 Å². The summed E-state index contributed by atoms with van der Waals surface area (Å²) in [5.74, 6) is -0.814. The number of nitrogens with zero attached hydrogens (tertiary/aromatic N) is 1. The highest BCUT2D eigenvalue weighted by Crippen LogP contribution is 2.79. The molecule has 7 nitrogen and oxygen atoms in total. The van der Waals surface area contributed by atoms with E-state index in [-0.39, 0.29) is 32.8 Å². The highest BCUT2D eigenvalue weighted by Gasteiger charge is 2.80. The van der Waals surface area contributed by atoms with Crippen molar-refractivity contribution in [1.82, 2.24) is 10.9 Å². The number of fused-ring (bicyclic) bond motifs is 1. The van der Waals surface area contributed by atoms with Crippen molar-refractivity contribution in [2.24, 2.45) is 16.2 Å². The Kier molecular flexibility index (Phi) is 3.94. The molecule has 0 heterocycles. The summed E-state index contributed by atoms with van der Waals surface area (Å²) >= 11 is 3.67. The number of hydrogen-bond donors (Lipinski definition) is 2. The first-order chi connectivity index (χ1) is 11.6. The van der Waals surface area contributed by atoms with Crippen LogP contribution < -0.4 is 10.9 Å². The normalized spacial score (nSPS) is 31.8. The lowest BCUT2D eigenvalue weighted by atomic mass is 9.43. The molecule has 8 heteroatoms. The van der Waals surface area contributed by atoms with Crippen molar-refractivity contribution in [2.75, 3.05) is 0 Å². The molecule has 2 N–H and O–H groups in total. The average Bonchev–Trinajstić information content (AvgIpc) is 2.99. The first kappa shape index (κ1) is 17.8. The predicted molar refractivity (Wildman–Crippen MR) is 95.0 cm³/mol. The smallest absolute Gasteiger partial charge is 0.270 e. The van der Waals surface area contributed by atoms with Crippen LogP contribution in [0.3, 0.4) is 0 Å². The lowest BCUT2D eigenvalue weighted by Gasteiger charge is -2.64. The van der Waals surface area contributed by atoms with Gasteiger partial charge in [0.15, 0.2) is 0 Å². The number of alkyl halides is 1. The lowest BCUT2D eigenvalue weighted by molar-refractivity contribution is -0.384. The van der Waals surface area contributed by atoms with Crippen LogP contribution in [-0.2, 0) is 4.79 Å². The zero-order valence-electron chi connectivity index (χ0n) is 14.3. The Morgan fingerprint density at radius 2 is 1.92 bits per heavy atom. The molecule has 2 bridgehead atoms. The van der Waals surface area contributed by atoms with Crippen molar-refractivity contribution in [2.45, 2.75) is 38.4 Å². The van der Waals surface area contributed by atoms with Crippen molar-refractivity contribution in [1.29, 1.82) is 0 Å². The maximum absolute atomic E-state index is 12.8. The number of nitro groups is 1. The van der Waals surface area contributed by atoms with Crippen molar-refractivity contribution in [3.63, 3.8) is 0 Å². The van der Waals surface area contributed by atoms with Gasteiger partial charge in [-0.05, 0) is 29.7 Å². The molecule has 0 aliphatic heterocycles. The number of hydrazine groups is 1. The number of nitro benzene ring substituents is 1. The Morgan fingerprint density at radius 3 is 2.44 bits per heavy atom. The Labute approximate surface area is 153 Å². The molecule has 25 heavy (non-hydrogen) atoms. The summed E-state index contributed by atoms with van der Waals surface area (Å²) in [5.41, 5.74) is 4.13. The second-order valence-electron chi connectivity index (χ2n) is 7.59. The summed E-state index contributed by atoms with van der Waals surface area (Å²) in [6.45, 7) is 6.34. The SMILES string of the molecule is CC12CCC(C(=O)NNC(=O)c3cccc([N+](=O)[O-])c3)(C1Br)C2(C)C. The van der Waals surface area contributed by atoms with Gasteiger partial charge in [-0.2, -0.15) is 0 Å². The summed E-state index contributed by atoms with van der Waals surface area (Å²) in [4.78, 5) is 35.3. The van der Waals surface area contributed by atoms with Crippen LogP contribution in [0.2, 0.25) is 0 Å². The zero-order chi connectivity index (χ0) is 18.6. The van der Waals surface area contributed by atoms with Crippen molar-refractivity contribution in [3.05, 3.63) is 39.9 Å². The summed E-state index contributed by atoms with van der Waals surface area (Å²) in [6, 6.07) is 5.37. The Bertz CT molecular complexity index is 781. The van der Waals surface area contributed by atoms with E-state index in [2.05, 4.69) is 47.6 Å². The van der Waals surface area contributed by atoms with Crippen molar-refractivity contribution < 1.29 is 14.5 Å². The number of carbonyl (C=O) groups is 2. The van der Waals surface area contributed by atoms with Crippen LogP contribution in [0.15, 0.2) is 24.3 Å². The molecular weight excluding hydrogens is 390 g/mol. The second kappa shape index (κ2) is 5.52. The van der Waals surface area contributed by atoms with Crippen molar-refractivity contribution in [3.8, 4) is 0 Å². The largest absolute Gasteiger partial charge is 0.273 e. The number of halogens is 1. The number of hydrogen-bond acceptors (Lipinski definition) is 4. The molecule has 0 saturated heterocycles. The van der Waals surface area contributed by atoms with Crippen LogP contribution in [0.1, 0.15) is 44.0 Å². The van der Waals surface area contributed by atoms with Crippen LogP contribution in [-0.4, -0.2) is 21.6 Å². The highest BCUT2D eigenvalue weighted by molar-refractivity contribution is 9.09. The van der Waals surface area contributed by atoms with Gasteiger partial charge in [0.05, 0.1) is 10.3 Å². The summed E-state index contributed by atoms with van der Waals surface area (Å²) in [6.07, 6.45) is 1.70.